The Morgan fingerprint density at radius 1 is 1.40 bits per heavy atom. The fourth-order valence-corrected chi connectivity index (χ4v) is 1.27. The number of oxime groups is 1. The van der Waals surface area contributed by atoms with Crippen molar-refractivity contribution in [2.24, 2.45) is 10.9 Å². The van der Waals surface area contributed by atoms with E-state index in [1.807, 2.05) is 13.0 Å². The SMILES string of the molecule is CC(=NOCCN)c1ccc(Cl)c(Cl)c1. The molecule has 1 aromatic carbocycles. The molecule has 0 saturated carbocycles. The fraction of sp³-hybridized carbons (Fsp3) is 0.300. The zero-order chi connectivity index (χ0) is 11.3. The van der Waals surface area contributed by atoms with Gasteiger partial charge in [0.15, 0.2) is 0 Å². The first-order valence-corrected chi connectivity index (χ1v) is 5.23. The Bertz CT molecular complexity index is 366. The van der Waals surface area contributed by atoms with Crippen LogP contribution in [-0.2, 0) is 4.84 Å². The van der Waals surface area contributed by atoms with Gasteiger partial charge in [-0.15, -0.1) is 0 Å². The van der Waals surface area contributed by atoms with Crippen molar-refractivity contribution in [3.63, 3.8) is 0 Å². The summed E-state index contributed by atoms with van der Waals surface area (Å²) in [5.74, 6) is 0. The van der Waals surface area contributed by atoms with E-state index in [9.17, 15) is 0 Å². The fourth-order valence-electron chi connectivity index (χ4n) is 0.969. The first-order valence-electron chi connectivity index (χ1n) is 4.47. The van der Waals surface area contributed by atoms with Crippen molar-refractivity contribution in [1.82, 2.24) is 0 Å². The molecule has 0 fully saturated rings. The summed E-state index contributed by atoms with van der Waals surface area (Å²) in [5, 5.41) is 4.92. The highest BCUT2D eigenvalue weighted by Crippen LogP contribution is 2.22. The minimum absolute atomic E-state index is 0.401. The summed E-state index contributed by atoms with van der Waals surface area (Å²) in [4.78, 5) is 4.96. The van der Waals surface area contributed by atoms with E-state index < -0.39 is 0 Å². The molecule has 0 saturated heterocycles. The van der Waals surface area contributed by atoms with E-state index in [1.165, 1.54) is 0 Å². The normalized spacial score (nSPS) is 11.6. The molecule has 1 aromatic rings. The summed E-state index contributed by atoms with van der Waals surface area (Å²) in [6.07, 6.45) is 0. The van der Waals surface area contributed by atoms with Gasteiger partial charge in [-0.3, -0.25) is 0 Å². The standard InChI is InChI=1S/C10H12Cl2N2O/c1-7(14-15-5-4-13)8-2-3-9(11)10(12)6-8/h2-3,6H,4-5,13H2,1H3. The minimum atomic E-state index is 0.401. The molecule has 0 unspecified atom stereocenters. The van der Waals surface area contributed by atoms with Crippen LogP contribution >= 0.6 is 23.2 Å². The van der Waals surface area contributed by atoms with E-state index in [2.05, 4.69) is 5.16 Å². The molecule has 0 aliphatic heterocycles. The smallest absolute Gasteiger partial charge is 0.129 e. The van der Waals surface area contributed by atoms with Crippen molar-refractivity contribution in [3.8, 4) is 0 Å². The van der Waals surface area contributed by atoms with Gasteiger partial charge in [0.1, 0.15) is 6.61 Å². The molecule has 0 amide bonds. The van der Waals surface area contributed by atoms with Gasteiger partial charge in [0.25, 0.3) is 0 Å². The van der Waals surface area contributed by atoms with Crippen molar-refractivity contribution in [1.29, 1.82) is 0 Å². The molecule has 82 valence electrons. The molecule has 0 radical (unpaired) electrons. The zero-order valence-electron chi connectivity index (χ0n) is 8.34. The van der Waals surface area contributed by atoms with Crippen LogP contribution in [-0.4, -0.2) is 18.9 Å². The highest BCUT2D eigenvalue weighted by Gasteiger charge is 2.02. The molecule has 1 rings (SSSR count). The van der Waals surface area contributed by atoms with Gasteiger partial charge in [0.05, 0.1) is 15.8 Å². The van der Waals surface area contributed by atoms with Crippen molar-refractivity contribution < 1.29 is 4.84 Å². The topological polar surface area (TPSA) is 47.6 Å². The Labute approximate surface area is 98.8 Å². The van der Waals surface area contributed by atoms with Gasteiger partial charge in [0.2, 0.25) is 0 Å². The number of rotatable bonds is 4. The Morgan fingerprint density at radius 3 is 2.73 bits per heavy atom. The van der Waals surface area contributed by atoms with Crippen LogP contribution < -0.4 is 5.73 Å². The Hall–Kier alpha value is -0.770. The van der Waals surface area contributed by atoms with Crippen molar-refractivity contribution in [2.75, 3.05) is 13.2 Å². The third kappa shape index (κ3) is 3.70. The van der Waals surface area contributed by atoms with Crippen LogP contribution in [0.1, 0.15) is 12.5 Å². The summed E-state index contributed by atoms with van der Waals surface area (Å²) in [6, 6.07) is 5.30. The number of nitrogens with zero attached hydrogens (tertiary/aromatic N) is 1. The number of hydrogen-bond acceptors (Lipinski definition) is 3. The molecule has 0 aliphatic rings. The van der Waals surface area contributed by atoms with Gasteiger partial charge in [0, 0.05) is 12.1 Å². The van der Waals surface area contributed by atoms with Crippen LogP contribution in [0, 0.1) is 0 Å². The summed E-state index contributed by atoms with van der Waals surface area (Å²) >= 11 is 11.7. The first kappa shape index (κ1) is 12.3. The Kier molecular flexibility index (Phi) is 4.88. The highest BCUT2D eigenvalue weighted by atomic mass is 35.5. The second-order valence-corrected chi connectivity index (χ2v) is 3.74. The van der Waals surface area contributed by atoms with E-state index in [-0.39, 0.29) is 0 Å². The molecule has 0 bridgehead atoms. The predicted molar refractivity (Wildman–Crippen MR) is 63.7 cm³/mol. The average molecular weight is 247 g/mol. The zero-order valence-corrected chi connectivity index (χ0v) is 9.85. The Morgan fingerprint density at radius 2 is 2.13 bits per heavy atom. The lowest BCUT2D eigenvalue weighted by Gasteiger charge is -2.02. The molecule has 0 aromatic heterocycles. The Balaban J connectivity index is 2.77. The van der Waals surface area contributed by atoms with Gasteiger partial charge < -0.3 is 10.6 Å². The summed E-state index contributed by atoms with van der Waals surface area (Å²) in [6.45, 7) is 2.67. The summed E-state index contributed by atoms with van der Waals surface area (Å²) in [5.41, 5.74) is 6.88. The molecule has 3 nitrogen and oxygen atoms in total. The van der Waals surface area contributed by atoms with Gasteiger partial charge in [-0.05, 0) is 19.1 Å². The lowest BCUT2D eigenvalue weighted by atomic mass is 10.1. The van der Waals surface area contributed by atoms with Gasteiger partial charge in [-0.25, -0.2) is 0 Å². The molecule has 0 atom stereocenters. The molecule has 5 heteroatoms. The number of hydrogen-bond donors (Lipinski definition) is 1. The summed E-state index contributed by atoms with van der Waals surface area (Å²) < 4.78 is 0. The van der Waals surface area contributed by atoms with Crippen molar-refractivity contribution >= 4 is 28.9 Å². The molecule has 15 heavy (non-hydrogen) atoms. The molecular formula is C10H12Cl2N2O. The average Bonchev–Trinajstić information content (AvgIpc) is 2.22. The second-order valence-electron chi connectivity index (χ2n) is 2.93. The van der Waals surface area contributed by atoms with Gasteiger partial charge in [-0.1, -0.05) is 34.4 Å². The lowest BCUT2D eigenvalue weighted by Crippen LogP contribution is -2.06. The van der Waals surface area contributed by atoms with Gasteiger partial charge >= 0.3 is 0 Å². The molecule has 0 aliphatic carbocycles. The van der Waals surface area contributed by atoms with Crippen LogP contribution in [0.25, 0.3) is 0 Å². The maximum absolute atomic E-state index is 5.87. The van der Waals surface area contributed by atoms with E-state index in [0.717, 1.165) is 11.3 Å². The molecule has 2 N–H and O–H groups in total. The largest absolute Gasteiger partial charge is 0.394 e. The van der Waals surface area contributed by atoms with E-state index in [0.29, 0.717) is 23.2 Å². The van der Waals surface area contributed by atoms with Crippen LogP contribution in [0.5, 0.6) is 0 Å². The summed E-state index contributed by atoms with van der Waals surface area (Å²) in [7, 11) is 0. The quantitative estimate of drug-likeness (QED) is 0.505. The third-order valence-electron chi connectivity index (χ3n) is 1.75. The van der Waals surface area contributed by atoms with Crippen molar-refractivity contribution in [2.45, 2.75) is 6.92 Å². The van der Waals surface area contributed by atoms with Crippen molar-refractivity contribution in [3.05, 3.63) is 33.8 Å². The van der Waals surface area contributed by atoms with E-state index >= 15 is 0 Å². The number of halogens is 2. The lowest BCUT2D eigenvalue weighted by molar-refractivity contribution is 0.152. The maximum Gasteiger partial charge on any atom is 0.129 e. The van der Waals surface area contributed by atoms with Crippen LogP contribution in [0.15, 0.2) is 23.4 Å². The monoisotopic (exact) mass is 246 g/mol. The van der Waals surface area contributed by atoms with Gasteiger partial charge in [-0.2, -0.15) is 0 Å². The predicted octanol–water partition coefficient (Wildman–Crippen LogP) is 2.69. The van der Waals surface area contributed by atoms with Crippen LogP contribution in [0.2, 0.25) is 10.0 Å². The number of nitrogens with two attached hydrogens (primary N) is 1. The second kappa shape index (κ2) is 5.95. The van der Waals surface area contributed by atoms with E-state index in [1.54, 1.807) is 12.1 Å². The van der Waals surface area contributed by atoms with E-state index in [4.69, 9.17) is 33.8 Å². The minimum Gasteiger partial charge on any atom is -0.394 e. The first-order chi connectivity index (χ1) is 7.15. The maximum atomic E-state index is 5.87. The van der Waals surface area contributed by atoms with Crippen LogP contribution in [0.4, 0.5) is 0 Å². The molecule has 0 spiro atoms. The van der Waals surface area contributed by atoms with Crippen LogP contribution in [0.3, 0.4) is 0 Å². The molecular weight excluding hydrogens is 235 g/mol. The molecule has 0 heterocycles. The third-order valence-corrected chi connectivity index (χ3v) is 2.49. The highest BCUT2D eigenvalue weighted by molar-refractivity contribution is 6.42. The number of benzene rings is 1.